The van der Waals surface area contributed by atoms with Crippen LogP contribution in [-0.2, 0) is 0 Å². The van der Waals surface area contributed by atoms with Crippen LogP contribution >= 0.6 is 23.2 Å². The molecule has 2 aromatic rings. The van der Waals surface area contributed by atoms with Gasteiger partial charge in [0.15, 0.2) is 0 Å². The second kappa shape index (κ2) is 6.61. The van der Waals surface area contributed by atoms with Crippen molar-refractivity contribution < 1.29 is 0 Å². The SMILES string of the molecule is C=C1C(Cl)=CC(c2ccccc2)=C(c2ccncc2Cl)N1CC. The molecule has 0 amide bonds. The highest BCUT2D eigenvalue weighted by molar-refractivity contribution is 6.34. The molecule has 0 aliphatic carbocycles. The van der Waals surface area contributed by atoms with E-state index in [1.807, 2.05) is 30.3 Å². The van der Waals surface area contributed by atoms with Crippen molar-refractivity contribution in [2.24, 2.45) is 0 Å². The topological polar surface area (TPSA) is 16.1 Å². The van der Waals surface area contributed by atoms with Gasteiger partial charge in [-0.3, -0.25) is 4.98 Å². The smallest absolute Gasteiger partial charge is 0.0682 e. The van der Waals surface area contributed by atoms with Crippen molar-refractivity contribution >= 4 is 34.5 Å². The van der Waals surface area contributed by atoms with E-state index in [1.54, 1.807) is 12.4 Å². The number of hydrogen-bond acceptors (Lipinski definition) is 2. The summed E-state index contributed by atoms with van der Waals surface area (Å²) < 4.78 is 0. The second-order valence-corrected chi connectivity index (χ2v) is 5.98. The Morgan fingerprint density at radius 2 is 1.87 bits per heavy atom. The highest BCUT2D eigenvalue weighted by atomic mass is 35.5. The number of likely N-dealkylation sites (N-methyl/N-ethyl adjacent to an activating group) is 1. The van der Waals surface area contributed by atoms with Gasteiger partial charge in [-0.25, -0.2) is 0 Å². The van der Waals surface area contributed by atoms with Crippen molar-refractivity contribution in [3.63, 3.8) is 0 Å². The number of pyridine rings is 1. The first-order valence-electron chi connectivity index (χ1n) is 7.37. The maximum atomic E-state index is 6.42. The molecule has 0 bridgehead atoms. The molecule has 2 nitrogen and oxygen atoms in total. The van der Waals surface area contributed by atoms with Gasteiger partial charge in [0.25, 0.3) is 0 Å². The van der Waals surface area contributed by atoms with E-state index in [0.717, 1.165) is 34.6 Å². The summed E-state index contributed by atoms with van der Waals surface area (Å²) in [5.74, 6) is 0. The van der Waals surface area contributed by atoms with E-state index in [4.69, 9.17) is 23.2 Å². The quantitative estimate of drug-likeness (QED) is 0.724. The van der Waals surface area contributed by atoms with Crippen molar-refractivity contribution in [3.8, 4) is 0 Å². The molecule has 1 aromatic heterocycles. The van der Waals surface area contributed by atoms with Gasteiger partial charge in [-0.1, -0.05) is 60.1 Å². The average molecular weight is 343 g/mol. The summed E-state index contributed by atoms with van der Waals surface area (Å²) in [6.07, 6.45) is 5.36. The lowest BCUT2D eigenvalue weighted by Crippen LogP contribution is -2.24. The molecule has 116 valence electrons. The number of rotatable bonds is 3. The fourth-order valence-electron chi connectivity index (χ4n) is 2.73. The van der Waals surface area contributed by atoms with Crippen molar-refractivity contribution in [2.75, 3.05) is 6.54 Å². The van der Waals surface area contributed by atoms with Gasteiger partial charge in [0.05, 0.1) is 21.4 Å². The van der Waals surface area contributed by atoms with Crippen molar-refractivity contribution in [3.05, 3.63) is 88.3 Å². The van der Waals surface area contributed by atoms with Crippen molar-refractivity contribution in [1.82, 2.24) is 9.88 Å². The predicted octanol–water partition coefficient (Wildman–Crippen LogP) is 5.58. The molecule has 0 saturated carbocycles. The molecule has 0 radical (unpaired) electrons. The van der Waals surface area contributed by atoms with E-state index in [9.17, 15) is 0 Å². The van der Waals surface area contributed by atoms with Gasteiger partial charge in [0, 0.05) is 30.1 Å². The second-order valence-electron chi connectivity index (χ2n) is 5.17. The Labute approximate surface area is 146 Å². The van der Waals surface area contributed by atoms with Gasteiger partial charge in [0.2, 0.25) is 0 Å². The maximum Gasteiger partial charge on any atom is 0.0682 e. The Bertz CT molecular complexity index is 807. The van der Waals surface area contributed by atoms with E-state index in [1.165, 1.54) is 0 Å². The fraction of sp³-hybridized carbons (Fsp3) is 0.105. The molecule has 0 unspecified atom stereocenters. The summed E-state index contributed by atoms with van der Waals surface area (Å²) in [7, 11) is 0. The zero-order valence-electron chi connectivity index (χ0n) is 12.8. The van der Waals surface area contributed by atoms with Crippen molar-refractivity contribution in [1.29, 1.82) is 0 Å². The van der Waals surface area contributed by atoms with Crippen LogP contribution in [0, 0.1) is 0 Å². The maximum absolute atomic E-state index is 6.42. The Morgan fingerprint density at radius 1 is 1.13 bits per heavy atom. The number of nitrogens with zero attached hydrogens (tertiary/aromatic N) is 2. The molecule has 0 atom stereocenters. The zero-order valence-corrected chi connectivity index (χ0v) is 14.3. The highest BCUT2D eigenvalue weighted by Gasteiger charge is 2.25. The zero-order chi connectivity index (χ0) is 16.4. The number of halogens is 2. The summed E-state index contributed by atoms with van der Waals surface area (Å²) in [6, 6.07) is 12.1. The normalized spacial score (nSPS) is 15.0. The van der Waals surface area contributed by atoms with Gasteiger partial charge in [-0.05, 0) is 24.6 Å². The molecule has 1 aromatic carbocycles. The monoisotopic (exact) mass is 342 g/mol. The van der Waals surface area contributed by atoms with Crippen LogP contribution < -0.4 is 0 Å². The van der Waals surface area contributed by atoms with Gasteiger partial charge >= 0.3 is 0 Å². The number of benzene rings is 1. The van der Waals surface area contributed by atoms with Gasteiger partial charge in [-0.2, -0.15) is 0 Å². The number of aromatic nitrogens is 1. The minimum Gasteiger partial charge on any atom is -0.340 e. The lowest BCUT2D eigenvalue weighted by Gasteiger charge is -2.33. The Hall–Kier alpha value is -2.03. The van der Waals surface area contributed by atoms with Crippen LogP contribution in [0.25, 0.3) is 11.3 Å². The van der Waals surface area contributed by atoms with Crippen LogP contribution in [-0.4, -0.2) is 16.4 Å². The molecule has 1 aliphatic heterocycles. The van der Waals surface area contributed by atoms with Crippen molar-refractivity contribution in [2.45, 2.75) is 6.92 Å². The van der Waals surface area contributed by atoms with Gasteiger partial charge in [-0.15, -0.1) is 0 Å². The minimum absolute atomic E-state index is 0.605. The molecule has 4 heteroatoms. The highest BCUT2D eigenvalue weighted by Crippen LogP contribution is 2.41. The summed E-state index contributed by atoms with van der Waals surface area (Å²) in [4.78, 5) is 6.17. The molecule has 0 N–H and O–H groups in total. The van der Waals surface area contributed by atoms with Crippen LogP contribution in [0.1, 0.15) is 18.1 Å². The molecule has 1 aliphatic rings. The first-order valence-corrected chi connectivity index (χ1v) is 8.12. The van der Waals surface area contributed by atoms with E-state index in [-0.39, 0.29) is 0 Å². The van der Waals surface area contributed by atoms with E-state index >= 15 is 0 Å². The molecule has 0 spiro atoms. The Morgan fingerprint density at radius 3 is 2.52 bits per heavy atom. The van der Waals surface area contributed by atoms with Gasteiger partial charge < -0.3 is 4.90 Å². The van der Waals surface area contributed by atoms with E-state index < -0.39 is 0 Å². The van der Waals surface area contributed by atoms with Crippen LogP contribution in [0.4, 0.5) is 0 Å². The summed E-state index contributed by atoms with van der Waals surface area (Å²) in [5.41, 5.74) is 4.80. The first-order chi connectivity index (χ1) is 11.1. The number of hydrogen-bond donors (Lipinski definition) is 0. The third kappa shape index (κ3) is 2.92. The van der Waals surface area contributed by atoms with E-state index in [0.29, 0.717) is 10.1 Å². The molecular formula is C19H16Cl2N2. The lowest BCUT2D eigenvalue weighted by molar-refractivity contribution is 0.529. The molecule has 2 heterocycles. The molecule has 0 fully saturated rings. The third-order valence-corrected chi connectivity index (χ3v) is 4.45. The van der Waals surface area contributed by atoms with Crippen LogP contribution in [0.5, 0.6) is 0 Å². The summed E-state index contributed by atoms with van der Waals surface area (Å²) >= 11 is 12.8. The fourth-order valence-corrected chi connectivity index (χ4v) is 3.15. The Balaban J connectivity index is 2.32. The summed E-state index contributed by atoms with van der Waals surface area (Å²) in [5, 5.41) is 1.24. The molecular weight excluding hydrogens is 327 g/mol. The lowest BCUT2D eigenvalue weighted by atomic mass is 9.95. The standard InChI is InChI=1S/C19H16Cl2N2/c1-3-23-13(2)17(20)11-16(14-7-5-4-6-8-14)19(23)15-9-10-22-12-18(15)21/h4-12H,2-3H2,1H3. The average Bonchev–Trinajstić information content (AvgIpc) is 2.58. The first kappa shape index (κ1) is 15.9. The molecule has 0 saturated heterocycles. The minimum atomic E-state index is 0.605. The summed E-state index contributed by atoms with van der Waals surface area (Å²) in [6.45, 7) is 6.92. The molecule has 23 heavy (non-hydrogen) atoms. The van der Waals surface area contributed by atoms with Gasteiger partial charge in [0.1, 0.15) is 0 Å². The Kier molecular flexibility index (Phi) is 4.56. The predicted molar refractivity (Wildman–Crippen MR) is 98.0 cm³/mol. The van der Waals surface area contributed by atoms with Crippen LogP contribution in [0.2, 0.25) is 5.02 Å². The third-order valence-electron chi connectivity index (χ3n) is 3.83. The van der Waals surface area contributed by atoms with Crippen LogP contribution in [0.15, 0.2) is 72.2 Å². The van der Waals surface area contributed by atoms with E-state index in [2.05, 4.69) is 35.5 Å². The number of allylic oxidation sites excluding steroid dienone is 3. The largest absolute Gasteiger partial charge is 0.340 e. The molecule has 3 rings (SSSR count). The van der Waals surface area contributed by atoms with Crippen LogP contribution in [0.3, 0.4) is 0 Å².